The Morgan fingerprint density at radius 3 is 2.49 bits per heavy atom. The Hall–Kier alpha value is -3.83. The lowest BCUT2D eigenvalue weighted by Gasteiger charge is -2.30. The van der Waals surface area contributed by atoms with Crippen molar-refractivity contribution in [2.45, 2.75) is 69.5 Å². The first-order chi connectivity index (χ1) is 21.7. The molecule has 2 heterocycles. The van der Waals surface area contributed by atoms with E-state index in [1.165, 1.54) is 0 Å². The van der Waals surface area contributed by atoms with Gasteiger partial charge in [0.25, 0.3) is 5.91 Å². The molecule has 0 bridgehead atoms. The Balaban J connectivity index is 1.19. The van der Waals surface area contributed by atoms with Gasteiger partial charge in [-0.1, -0.05) is 54.6 Å². The van der Waals surface area contributed by atoms with E-state index in [1.54, 1.807) is 31.4 Å². The molecule has 0 saturated carbocycles. The standard InChI is InChI=1S/C35H44N4O5Si/c1-24-32(18-13-25-9-8-12-28(21-25)36-35(41)27-14-16-29(43-2)17-15-27)44-33(34(24)45(3,4)42)19-20-39-22-31(37-38-39)30(23-40)26-10-6-5-7-11-26/h5-12,14-17,21-22,24,30,32-34,40,42H,13,18-20,23H2,1-4H3,(H,36,41)/t24-,30?,32+,33-,34+/m0/s1. The first kappa shape index (κ1) is 32.6. The second-order valence-corrected chi connectivity index (χ2v) is 16.5. The van der Waals surface area contributed by atoms with Crippen LogP contribution in [0.25, 0.3) is 0 Å². The molecule has 5 rings (SSSR count). The van der Waals surface area contributed by atoms with Crippen molar-refractivity contribution in [2.75, 3.05) is 19.0 Å². The SMILES string of the molecule is COc1ccc(C(=O)Nc2cccc(CC[C@H]3O[C@@H](CCn4cc(C(CO)c5ccccc5)nn4)[C@H]([Si](C)(C)O)[C@H]3C)c2)cc1. The minimum absolute atomic E-state index is 0.0135. The van der Waals surface area contributed by atoms with E-state index in [-0.39, 0.29) is 42.1 Å². The van der Waals surface area contributed by atoms with E-state index >= 15 is 0 Å². The number of aliphatic hydroxyl groups excluding tert-OH is 1. The van der Waals surface area contributed by atoms with Crippen molar-refractivity contribution in [3.63, 3.8) is 0 Å². The average Bonchev–Trinajstić information content (AvgIpc) is 3.64. The van der Waals surface area contributed by atoms with Gasteiger partial charge in [0.15, 0.2) is 8.32 Å². The van der Waals surface area contributed by atoms with Crippen molar-refractivity contribution in [1.29, 1.82) is 0 Å². The van der Waals surface area contributed by atoms with Gasteiger partial charge in [-0.3, -0.25) is 9.48 Å². The molecule has 1 unspecified atom stereocenters. The van der Waals surface area contributed by atoms with E-state index in [0.717, 1.165) is 35.3 Å². The van der Waals surface area contributed by atoms with Crippen LogP contribution in [0.4, 0.5) is 5.69 Å². The van der Waals surface area contributed by atoms with Crippen molar-refractivity contribution >= 4 is 19.9 Å². The van der Waals surface area contributed by atoms with E-state index in [1.807, 2.05) is 72.5 Å². The third-order valence-corrected chi connectivity index (χ3v) is 11.4. The fourth-order valence-corrected chi connectivity index (χ4v) is 9.29. The molecule has 9 nitrogen and oxygen atoms in total. The number of carbonyl (C=O) groups is 1. The summed E-state index contributed by atoms with van der Waals surface area (Å²) in [5, 5.41) is 21.7. The Bertz CT molecular complexity index is 1540. The van der Waals surface area contributed by atoms with E-state index in [0.29, 0.717) is 24.3 Å². The quantitative estimate of drug-likeness (QED) is 0.164. The number of hydrogen-bond acceptors (Lipinski definition) is 7. The molecule has 3 aromatic carbocycles. The zero-order chi connectivity index (χ0) is 32.0. The van der Waals surface area contributed by atoms with Gasteiger partial charge in [-0.2, -0.15) is 0 Å². The van der Waals surface area contributed by atoms with Gasteiger partial charge in [0, 0.05) is 29.5 Å². The van der Waals surface area contributed by atoms with Crippen LogP contribution in [0.3, 0.4) is 0 Å². The highest BCUT2D eigenvalue weighted by atomic mass is 28.4. The third kappa shape index (κ3) is 8.07. The number of aromatic nitrogens is 3. The third-order valence-electron chi connectivity index (χ3n) is 8.91. The summed E-state index contributed by atoms with van der Waals surface area (Å²) in [5.74, 6) is 0.520. The van der Waals surface area contributed by atoms with Crippen LogP contribution in [-0.2, 0) is 17.7 Å². The van der Waals surface area contributed by atoms with Gasteiger partial charge >= 0.3 is 0 Å². The van der Waals surface area contributed by atoms with Crippen LogP contribution >= 0.6 is 0 Å². The molecule has 1 aromatic heterocycles. The molecule has 1 saturated heterocycles. The van der Waals surface area contributed by atoms with Crippen molar-refractivity contribution in [3.8, 4) is 5.75 Å². The van der Waals surface area contributed by atoms with E-state index < -0.39 is 8.32 Å². The van der Waals surface area contributed by atoms with Crippen molar-refractivity contribution in [3.05, 3.63) is 107 Å². The van der Waals surface area contributed by atoms with Gasteiger partial charge in [-0.05, 0) is 85.8 Å². The molecule has 0 spiro atoms. The van der Waals surface area contributed by atoms with Gasteiger partial charge < -0.3 is 24.7 Å². The van der Waals surface area contributed by atoms with E-state index in [9.17, 15) is 14.7 Å². The van der Waals surface area contributed by atoms with Crippen LogP contribution in [-0.4, -0.2) is 65.0 Å². The summed E-state index contributed by atoms with van der Waals surface area (Å²) in [6, 6.07) is 24.8. The smallest absolute Gasteiger partial charge is 0.255 e. The predicted molar refractivity (Wildman–Crippen MR) is 177 cm³/mol. The Labute approximate surface area is 266 Å². The largest absolute Gasteiger partial charge is 0.497 e. The zero-order valence-electron chi connectivity index (χ0n) is 26.5. The summed E-state index contributed by atoms with van der Waals surface area (Å²) in [5.41, 5.74) is 4.25. The Kier molecular flexibility index (Phi) is 10.5. The number of methoxy groups -OCH3 is 1. The number of benzene rings is 3. The van der Waals surface area contributed by atoms with Crippen LogP contribution in [0.5, 0.6) is 5.75 Å². The highest BCUT2D eigenvalue weighted by Crippen LogP contribution is 2.45. The van der Waals surface area contributed by atoms with Crippen molar-refractivity contribution < 1.29 is 24.2 Å². The first-order valence-corrected chi connectivity index (χ1v) is 18.7. The second kappa shape index (κ2) is 14.5. The fourth-order valence-electron chi connectivity index (χ4n) is 6.64. The molecule has 1 amide bonds. The molecular weight excluding hydrogens is 584 g/mol. The molecule has 0 aliphatic carbocycles. The molecular formula is C35H44N4O5Si. The van der Waals surface area contributed by atoms with Crippen LogP contribution in [0.1, 0.15) is 52.9 Å². The number of hydrogen-bond donors (Lipinski definition) is 3. The minimum atomic E-state index is -2.53. The van der Waals surface area contributed by atoms with Crippen LogP contribution in [0.2, 0.25) is 18.6 Å². The summed E-state index contributed by atoms with van der Waals surface area (Å²) in [7, 11) is -0.928. The number of ether oxygens (including phenoxy) is 2. The lowest BCUT2D eigenvalue weighted by molar-refractivity contribution is 0.0245. The first-order valence-electron chi connectivity index (χ1n) is 15.6. The molecule has 4 aromatic rings. The topological polar surface area (TPSA) is 119 Å². The summed E-state index contributed by atoms with van der Waals surface area (Å²) in [6.07, 6.45) is 4.16. The fraction of sp³-hybridized carbons (Fsp3) is 0.400. The number of rotatable bonds is 13. The number of aryl methyl sites for hydroxylation is 2. The van der Waals surface area contributed by atoms with Crippen molar-refractivity contribution in [1.82, 2.24) is 15.0 Å². The summed E-state index contributed by atoms with van der Waals surface area (Å²) >= 11 is 0. The van der Waals surface area contributed by atoms with Gasteiger partial charge in [-0.25, -0.2) is 0 Å². The van der Waals surface area contributed by atoms with E-state index in [2.05, 4.69) is 28.6 Å². The molecule has 5 atom stereocenters. The highest BCUT2D eigenvalue weighted by molar-refractivity contribution is 6.71. The van der Waals surface area contributed by atoms with Gasteiger partial charge in [0.1, 0.15) is 5.75 Å². The minimum Gasteiger partial charge on any atom is -0.497 e. The van der Waals surface area contributed by atoms with Crippen LogP contribution in [0.15, 0.2) is 85.1 Å². The van der Waals surface area contributed by atoms with E-state index in [4.69, 9.17) is 9.47 Å². The molecule has 238 valence electrons. The maximum Gasteiger partial charge on any atom is 0.255 e. The maximum atomic E-state index is 12.8. The normalized spacial score (nSPS) is 20.6. The summed E-state index contributed by atoms with van der Waals surface area (Å²) in [4.78, 5) is 24.1. The zero-order valence-corrected chi connectivity index (χ0v) is 27.5. The van der Waals surface area contributed by atoms with Gasteiger partial charge in [0.05, 0.1) is 37.5 Å². The number of carbonyl (C=O) groups excluding carboxylic acids is 1. The summed E-state index contributed by atoms with van der Waals surface area (Å²) < 4.78 is 13.7. The van der Waals surface area contributed by atoms with Crippen LogP contribution in [0, 0.1) is 5.92 Å². The molecule has 0 radical (unpaired) electrons. The molecule has 45 heavy (non-hydrogen) atoms. The number of nitrogens with zero attached hydrogens (tertiary/aromatic N) is 3. The highest BCUT2D eigenvalue weighted by Gasteiger charge is 2.49. The van der Waals surface area contributed by atoms with Gasteiger partial charge in [-0.15, -0.1) is 5.10 Å². The molecule has 1 aliphatic heterocycles. The number of aliphatic hydroxyl groups is 1. The number of anilines is 1. The van der Waals surface area contributed by atoms with Gasteiger partial charge in [0.2, 0.25) is 0 Å². The molecule has 3 N–H and O–H groups in total. The lowest BCUT2D eigenvalue weighted by atomic mass is 9.95. The average molecular weight is 629 g/mol. The lowest BCUT2D eigenvalue weighted by Crippen LogP contribution is -2.40. The molecule has 10 heteroatoms. The Morgan fingerprint density at radius 1 is 1.04 bits per heavy atom. The molecule has 1 aliphatic rings. The monoisotopic (exact) mass is 628 g/mol. The Morgan fingerprint density at radius 2 is 1.80 bits per heavy atom. The number of amides is 1. The summed E-state index contributed by atoms with van der Waals surface area (Å²) in [6.45, 7) is 6.77. The van der Waals surface area contributed by atoms with Crippen LogP contribution < -0.4 is 10.1 Å². The second-order valence-electron chi connectivity index (χ2n) is 12.5. The molecule has 1 fully saturated rings. The predicted octanol–water partition coefficient (Wildman–Crippen LogP) is 5.66. The number of nitrogens with one attached hydrogen (secondary N) is 1. The van der Waals surface area contributed by atoms with Crippen molar-refractivity contribution in [2.24, 2.45) is 5.92 Å². The maximum absolute atomic E-state index is 12.8.